The third-order valence-electron chi connectivity index (χ3n) is 4.81. The van der Waals surface area contributed by atoms with Crippen LogP contribution < -0.4 is 0 Å². The van der Waals surface area contributed by atoms with Crippen LogP contribution in [-0.4, -0.2) is 39.3 Å². The molecule has 2 amide bonds. The lowest BCUT2D eigenvalue weighted by Gasteiger charge is -2.28. The molecule has 1 N–H and O–H groups in total. The van der Waals surface area contributed by atoms with Crippen LogP contribution >= 0.6 is 0 Å². The fourth-order valence-corrected chi connectivity index (χ4v) is 3.48. The molecule has 0 bridgehead atoms. The minimum atomic E-state index is -0.815. The SMILES string of the molecule is O=C1c2cccc([N+](=O)[O-])c2C(=O)N1C[C@H]1CC[C@H](C(=O)O)CC1. The Morgan fingerprint density at radius 3 is 2.46 bits per heavy atom. The smallest absolute Gasteiger partial charge is 0.306 e. The van der Waals surface area contributed by atoms with Gasteiger partial charge in [0.15, 0.2) is 0 Å². The number of nitro benzene ring substituents is 1. The van der Waals surface area contributed by atoms with Crippen molar-refractivity contribution in [2.75, 3.05) is 6.54 Å². The van der Waals surface area contributed by atoms with E-state index in [1.54, 1.807) is 0 Å². The van der Waals surface area contributed by atoms with Crippen molar-refractivity contribution in [3.63, 3.8) is 0 Å². The lowest BCUT2D eigenvalue weighted by atomic mass is 9.82. The Morgan fingerprint density at radius 1 is 1.21 bits per heavy atom. The predicted molar refractivity (Wildman–Crippen MR) is 81.5 cm³/mol. The highest BCUT2D eigenvalue weighted by Gasteiger charge is 2.42. The third kappa shape index (κ3) is 2.64. The maximum Gasteiger partial charge on any atom is 0.306 e. The largest absolute Gasteiger partial charge is 0.481 e. The maximum absolute atomic E-state index is 12.5. The molecule has 1 aliphatic heterocycles. The molecule has 1 aromatic carbocycles. The van der Waals surface area contributed by atoms with Gasteiger partial charge in [-0.25, -0.2) is 0 Å². The predicted octanol–water partition coefficient (Wildman–Crippen LogP) is 2.08. The molecular formula is C16H16N2O6. The number of fused-ring (bicyclic) bond motifs is 1. The van der Waals surface area contributed by atoms with Gasteiger partial charge in [-0.05, 0) is 37.7 Å². The van der Waals surface area contributed by atoms with E-state index in [2.05, 4.69) is 0 Å². The third-order valence-corrected chi connectivity index (χ3v) is 4.81. The molecule has 1 saturated carbocycles. The molecule has 8 heteroatoms. The summed E-state index contributed by atoms with van der Waals surface area (Å²) in [6, 6.07) is 4.03. The van der Waals surface area contributed by atoms with Gasteiger partial charge in [-0.3, -0.25) is 29.4 Å². The number of imide groups is 1. The molecule has 0 spiro atoms. The molecule has 3 rings (SSSR count). The number of carbonyl (C=O) groups is 3. The van der Waals surface area contributed by atoms with Gasteiger partial charge in [0, 0.05) is 12.6 Å². The second-order valence-corrected chi connectivity index (χ2v) is 6.23. The maximum atomic E-state index is 12.5. The fourth-order valence-electron chi connectivity index (χ4n) is 3.48. The van der Waals surface area contributed by atoms with Gasteiger partial charge in [0.05, 0.1) is 16.4 Å². The minimum absolute atomic E-state index is 0.0295. The summed E-state index contributed by atoms with van der Waals surface area (Å²) in [5, 5.41) is 20.1. The Kier molecular flexibility index (Phi) is 4.04. The van der Waals surface area contributed by atoms with Gasteiger partial charge in [-0.1, -0.05) is 6.07 Å². The Balaban J connectivity index is 1.76. The van der Waals surface area contributed by atoms with E-state index in [1.807, 2.05) is 0 Å². The van der Waals surface area contributed by atoms with E-state index in [-0.39, 0.29) is 35.2 Å². The Hall–Kier alpha value is -2.77. The zero-order chi connectivity index (χ0) is 17.4. The highest BCUT2D eigenvalue weighted by atomic mass is 16.6. The van der Waals surface area contributed by atoms with Crippen LogP contribution in [0.15, 0.2) is 18.2 Å². The topological polar surface area (TPSA) is 118 Å². The molecule has 0 aromatic heterocycles. The number of rotatable bonds is 4. The molecule has 1 aromatic rings. The molecule has 1 heterocycles. The number of carboxylic acid groups (broad SMARTS) is 1. The molecule has 1 fully saturated rings. The van der Waals surface area contributed by atoms with E-state index in [0.717, 1.165) is 4.90 Å². The molecule has 0 unspecified atom stereocenters. The molecule has 126 valence electrons. The van der Waals surface area contributed by atoms with E-state index in [1.165, 1.54) is 18.2 Å². The van der Waals surface area contributed by atoms with Crippen molar-refractivity contribution >= 4 is 23.5 Å². The summed E-state index contributed by atoms with van der Waals surface area (Å²) >= 11 is 0. The van der Waals surface area contributed by atoms with Gasteiger partial charge in [0.25, 0.3) is 17.5 Å². The standard InChI is InChI=1S/C16H16N2O6/c19-14-11-2-1-3-12(18(23)24)13(11)15(20)17(14)8-9-4-6-10(7-5-9)16(21)22/h1-3,9-10H,4-8H2,(H,21,22)/t9-,10-. The summed E-state index contributed by atoms with van der Waals surface area (Å²) < 4.78 is 0. The molecule has 24 heavy (non-hydrogen) atoms. The summed E-state index contributed by atoms with van der Waals surface area (Å²) in [6.07, 6.45) is 2.27. The van der Waals surface area contributed by atoms with Crippen molar-refractivity contribution in [3.8, 4) is 0 Å². The van der Waals surface area contributed by atoms with Crippen molar-refractivity contribution in [2.45, 2.75) is 25.7 Å². The summed E-state index contributed by atoms with van der Waals surface area (Å²) in [6.45, 7) is 0.176. The van der Waals surface area contributed by atoms with E-state index < -0.39 is 22.7 Å². The molecule has 0 radical (unpaired) electrons. The number of aliphatic carboxylic acids is 1. The Labute approximate surface area is 137 Å². The lowest BCUT2D eigenvalue weighted by molar-refractivity contribution is -0.385. The average molecular weight is 332 g/mol. The van der Waals surface area contributed by atoms with Crippen molar-refractivity contribution in [3.05, 3.63) is 39.4 Å². The molecular weight excluding hydrogens is 316 g/mol. The number of carbonyl (C=O) groups excluding carboxylic acids is 2. The van der Waals surface area contributed by atoms with Crippen LogP contribution in [0, 0.1) is 22.0 Å². The van der Waals surface area contributed by atoms with Gasteiger partial charge in [0.1, 0.15) is 5.56 Å². The first-order valence-corrected chi connectivity index (χ1v) is 7.76. The number of hydrogen-bond donors (Lipinski definition) is 1. The first-order valence-electron chi connectivity index (χ1n) is 7.76. The molecule has 0 saturated heterocycles. The minimum Gasteiger partial charge on any atom is -0.481 e. The Bertz CT molecular complexity index is 736. The number of amides is 2. The number of nitrogens with zero attached hydrogens (tertiary/aromatic N) is 2. The van der Waals surface area contributed by atoms with Gasteiger partial charge < -0.3 is 5.11 Å². The van der Waals surface area contributed by atoms with Crippen LogP contribution in [0.4, 0.5) is 5.69 Å². The second-order valence-electron chi connectivity index (χ2n) is 6.23. The molecule has 8 nitrogen and oxygen atoms in total. The van der Waals surface area contributed by atoms with Gasteiger partial charge in [0.2, 0.25) is 0 Å². The highest BCUT2D eigenvalue weighted by Crippen LogP contribution is 2.34. The quantitative estimate of drug-likeness (QED) is 0.512. The first kappa shape index (κ1) is 16.1. The number of hydrogen-bond acceptors (Lipinski definition) is 5. The monoisotopic (exact) mass is 332 g/mol. The van der Waals surface area contributed by atoms with Crippen LogP contribution in [-0.2, 0) is 4.79 Å². The van der Waals surface area contributed by atoms with Crippen molar-refractivity contribution in [1.29, 1.82) is 0 Å². The van der Waals surface area contributed by atoms with Crippen LogP contribution in [0.5, 0.6) is 0 Å². The molecule has 2 aliphatic rings. The van der Waals surface area contributed by atoms with Gasteiger partial charge in [-0.2, -0.15) is 0 Å². The van der Waals surface area contributed by atoms with Crippen LogP contribution in [0.2, 0.25) is 0 Å². The summed E-state index contributed by atoms with van der Waals surface area (Å²) in [4.78, 5) is 47.4. The van der Waals surface area contributed by atoms with Crippen molar-refractivity contribution in [1.82, 2.24) is 4.90 Å². The summed E-state index contributed by atoms with van der Waals surface area (Å²) in [5.41, 5.74) is -0.442. The number of carboxylic acids is 1. The van der Waals surface area contributed by atoms with Gasteiger partial charge >= 0.3 is 5.97 Å². The second kappa shape index (κ2) is 6.03. The first-order chi connectivity index (χ1) is 11.4. The zero-order valence-corrected chi connectivity index (χ0v) is 12.8. The number of benzene rings is 1. The van der Waals surface area contributed by atoms with Gasteiger partial charge in [-0.15, -0.1) is 0 Å². The summed E-state index contributed by atoms with van der Waals surface area (Å²) in [5.74, 6) is -2.31. The van der Waals surface area contributed by atoms with Crippen LogP contribution in [0.25, 0.3) is 0 Å². The van der Waals surface area contributed by atoms with E-state index in [4.69, 9.17) is 5.11 Å². The molecule has 0 atom stereocenters. The van der Waals surface area contributed by atoms with Crippen LogP contribution in [0.3, 0.4) is 0 Å². The normalized spacial score (nSPS) is 23.2. The number of nitro groups is 1. The van der Waals surface area contributed by atoms with Crippen LogP contribution in [0.1, 0.15) is 46.4 Å². The fraction of sp³-hybridized carbons (Fsp3) is 0.438. The van der Waals surface area contributed by atoms with Crippen molar-refractivity contribution in [2.24, 2.45) is 11.8 Å². The summed E-state index contributed by atoms with van der Waals surface area (Å²) in [7, 11) is 0. The average Bonchev–Trinajstić information content (AvgIpc) is 2.80. The van der Waals surface area contributed by atoms with Crippen molar-refractivity contribution < 1.29 is 24.4 Å². The Morgan fingerprint density at radius 2 is 1.88 bits per heavy atom. The lowest BCUT2D eigenvalue weighted by Crippen LogP contribution is -2.36. The van der Waals surface area contributed by atoms with E-state index in [0.29, 0.717) is 25.7 Å². The molecule has 1 aliphatic carbocycles. The highest BCUT2D eigenvalue weighted by molar-refractivity contribution is 6.23. The van der Waals surface area contributed by atoms with E-state index >= 15 is 0 Å². The van der Waals surface area contributed by atoms with E-state index in [9.17, 15) is 24.5 Å². The zero-order valence-electron chi connectivity index (χ0n) is 12.8.